The van der Waals surface area contributed by atoms with E-state index in [-0.39, 0.29) is 40.3 Å². The Balaban J connectivity index is 1.02. The van der Waals surface area contributed by atoms with Crippen LogP contribution in [-0.2, 0) is 26.0 Å². The zero-order valence-electron chi connectivity index (χ0n) is 27.7. The number of piperazine rings is 1. The fourth-order valence-electron chi connectivity index (χ4n) is 6.07. The molecule has 0 saturated carbocycles. The molecule has 0 radical (unpaired) electrons. The largest absolute Gasteiger partial charge is 0.367 e. The lowest BCUT2D eigenvalue weighted by atomic mass is 9.90. The zero-order chi connectivity index (χ0) is 35.4. The van der Waals surface area contributed by atoms with Gasteiger partial charge in [-0.3, -0.25) is 24.1 Å². The Kier molecular flexibility index (Phi) is 10.5. The standard InChI is InChI=1S/C35H38ClFN8O4S/c1-43(50(2,48)49)31-6-4-3-5-29(31)40-33-27(36)22-38-35(42-33)39-25-11-13-30(28(37)21-25)45-19-17-44(18-20-45)16-15-23-7-9-24(10-8-23)26-12-14-32(46)41-34(26)47/h3-11,13,21-22,26H,12,14-20H2,1-2H3,(H,41,46,47)(H2,38,39,40,42). The predicted molar refractivity (Wildman–Crippen MR) is 194 cm³/mol. The van der Waals surface area contributed by atoms with Crippen LogP contribution in [0.3, 0.4) is 0 Å². The van der Waals surface area contributed by atoms with Crippen LogP contribution in [0.1, 0.15) is 29.9 Å². The molecule has 3 aromatic carbocycles. The number of halogens is 2. The highest BCUT2D eigenvalue weighted by molar-refractivity contribution is 7.92. The third-order valence-electron chi connectivity index (χ3n) is 8.99. The van der Waals surface area contributed by atoms with Crippen LogP contribution >= 0.6 is 11.6 Å². The van der Waals surface area contributed by atoms with Gasteiger partial charge in [-0.25, -0.2) is 17.8 Å². The van der Waals surface area contributed by atoms with Gasteiger partial charge >= 0.3 is 0 Å². The molecule has 1 atom stereocenters. The third kappa shape index (κ3) is 8.32. The first-order chi connectivity index (χ1) is 23.9. The fourth-order valence-corrected chi connectivity index (χ4v) is 6.73. The molecular formula is C35H38ClFN8O4S. The van der Waals surface area contributed by atoms with E-state index in [1.807, 2.05) is 29.2 Å². The van der Waals surface area contributed by atoms with E-state index >= 15 is 4.39 Å². The van der Waals surface area contributed by atoms with Crippen molar-refractivity contribution in [3.63, 3.8) is 0 Å². The first kappa shape index (κ1) is 35.1. The molecule has 1 unspecified atom stereocenters. The summed E-state index contributed by atoms with van der Waals surface area (Å²) in [6.45, 7) is 3.83. The average Bonchev–Trinajstić information content (AvgIpc) is 3.09. The lowest BCUT2D eigenvalue weighted by molar-refractivity contribution is -0.134. The third-order valence-corrected chi connectivity index (χ3v) is 10.5. The van der Waals surface area contributed by atoms with E-state index in [2.05, 4.69) is 30.8 Å². The molecule has 0 bridgehead atoms. The summed E-state index contributed by atoms with van der Waals surface area (Å²) < 4.78 is 40.9. The van der Waals surface area contributed by atoms with Crippen LogP contribution in [0.25, 0.3) is 0 Å². The summed E-state index contributed by atoms with van der Waals surface area (Å²) in [5.74, 6) is -0.668. The molecule has 3 N–H and O–H groups in total. The van der Waals surface area contributed by atoms with Gasteiger partial charge in [0.05, 0.1) is 35.4 Å². The number of imide groups is 1. The molecule has 2 aliphatic heterocycles. The zero-order valence-corrected chi connectivity index (χ0v) is 29.3. The Morgan fingerprint density at radius 2 is 1.76 bits per heavy atom. The molecule has 262 valence electrons. The van der Waals surface area contributed by atoms with Gasteiger partial charge in [-0.2, -0.15) is 4.98 Å². The molecule has 6 rings (SSSR count). The number of benzene rings is 3. The van der Waals surface area contributed by atoms with Crippen molar-refractivity contribution >= 4 is 68.0 Å². The van der Waals surface area contributed by atoms with Crippen LogP contribution < -0.4 is 25.2 Å². The van der Waals surface area contributed by atoms with Crippen LogP contribution in [0.5, 0.6) is 0 Å². The molecule has 12 nitrogen and oxygen atoms in total. The van der Waals surface area contributed by atoms with E-state index in [9.17, 15) is 18.0 Å². The molecule has 15 heteroatoms. The van der Waals surface area contributed by atoms with Crippen molar-refractivity contribution in [2.45, 2.75) is 25.2 Å². The topological polar surface area (TPSA) is 140 Å². The molecule has 2 fully saturated rings. The van der Waals surface area contributed by atoms with E-state index in [0.29, 0.717) is 48.7 Å². The minimum absolute atomic E-state index is 0.178. The van der Waals surface area contributed by atoms with Crippen molar-refractivity contribution < 1.29 is 22.4 Å². The monoisotopic (exact) mass is 720 g/mol. The van der Waals surface area contributed by atoms with Gasteiger partial charge in [0.1, 0.15) is 10.8 Å². The number of hydrogen-bond acceptors (Lipinski definition) is 10. The Hall–Kier alpha value is -4.79. The number of carbonyl (C=O) groups excluding carboxylic acids is 2. The molecule has 2 saturated heterocycles. The Morgan fingerprint density at radius 1 is 1.02 bits per heavy atom. The van der Waals surface area contributed by atoms with Gasteiger partial charge in [-0.15, -0.1) is 0 Å². The highest BCUT2D eigenvalue weighted by Crippen LogP contribution is 2.32. The number of carbonyl (C=O) groups is 2. The van der Waals surface area contributed by atoms with Crippen molar-refractivity contribution in [2.75, 3.05) is 65.9 Å². The number of hydrogen-bond donors (Lipinski definition) is 3. The number of anilines is 6. The highest BCUT2D eigenvalue weighted by Gasteiger charge is 2.28. The van der Waals surface area contributed by atoms with Crippen LogP contribution in [0.4, 0.5) is 38.9 Å². The van der Waals surface area contributed by atoms with Gasteiger partial charge in [0.15, 0.2) is 5.82 Å². The van der Waals surface area contributed by atoms with Gasteiger partial charge in [0.25, 0.3) is 0 Å². The number of aromatic nitrogens is 2. The molecule has 0 spiro atoms. The van der Waals surface area contributed by atoms with Gasteiger partial charge in [0, 0.05) is 51.9 Å². The molecule has 2 aliphatic rings. The molecule has 1 aromatic heterocycles. The SMILES string of the molecule is CN(c1ccccc1Nc1nc(Nc2ccc(N3CCN(CCc4ccc(C5CCC(=O)NC5=O)cc4)CC3)c(F)c2)ncc1Cl)S(C)(=O)=O. The molecule has 4 aromatic rings. The van der Waals surface area contributed by atoms with E-state index < -0.39 is 10.0 Å². The molecule has 50 heavy (non-hydrogen) atoms. The summed E-state index contributed by atoms with van der Waals surface area (Å²) in [4.78, 5) is 36.7. The quantitative estimate of drug-likeness (QED) is 0.181. The fraction of sp³-hybridized carbons (Fsp3) is 0.314. The number of sulfonamides is 1. The minimum atomic E-state index is -3.51. The predicted octanol–water partition coefficient (Wildman–Crippen LogP) is 5.04. The second-order valence-electron chi connectivity index (χ2n) is 12.4. The second kappa shape index (κ2) is 15.0. The van der Waals surface area contributed by atoms with Crippen LogP contribution in [-0.4, -0.2) is 81.1 Å². The lowest BCUT2D eigenvalue weighted by Crippen LogP contribution is -2.47. The van der Waals surface area contributed by atoms with Crippen molar-refractivity contribution in [2.24, 2.45) is 0 Å². The van der Waals surface area contributed by atoms with Gasteiger partial charge < -0.3 is 15.5 Å². The summed E-state index contributed by atoms with van der Waals surface area (Å²) in [6.07, 6.45) is 4.28. The number of para-hydroxylation sites is 2. The van der Waals surface area contributed by atoms with E-state index in [1.54, 1.807) is 36.4 Å². The number of nitrogens with zero attached hydrogens (tertiary/aromatic N) is 5. The van der Waals surface area contributed by atoms with Crippen molar-refractivity contribution in [3.05, 3.63) is 94.9 Å². The highest BCUT2D eigenvalue weighted by atomic mass is 35.5. The summed E-state index contributed by atoms with van der Waals surface area (Å²) >= 11 is 6.37. The number of rotatable bonds is 11. The lowest BCUT2D eigenvalue weighted by Gasteiger charge is -2.36. The van der Waals surface area contributed by atoms with Crippen LogP contribution in [0.2, 0.25) is 5.02 Å². The van der Waals surface area contributed by atoms with Crippen molar-refractivity contribution in [1.29, 1.82) is 0 Å². The van der Waals surface area contributed by atoms with Gasteiger partial charge in [0.2, 0.25) is 27.8 Å². The Bertz CT molecular complexity index is 1990. The molecule has 2 amide bonds. The Labute approximate surface area is 295 Å². The van der Waals surface area contributed by atoms with Crippen LogP contribution in [0.15, 0.2) is 72.9 Å². The smallest absolute Gasteiger partial charge is 0.234 e. The normalized spacial score (nSPS) is 17.0. The van der Waals surface area contributed by atoms with Crippen LogP contribution in [0, 0.1) is 5.82 Å². The van der Waals surface area contributed by atoms with Crippen molar-refractivity contribution in [1.82, 2.24) is 20.2 Å². The molecular weight excluding hydrogens is 683 g/mol. The second-order valence-corrected chi connectivity index (χ2v) is 14.8. The van der Waals surface area contributed by atoms with Crippen molar-refractivity contribution in [3.8, 4) is 0 Å². The maximum absolute atomic E-state index is 15.4. The van der Waals surface area contributed by atoms with E-state index in [0.717, 1.165) is 42.2 Å². The summed E-state index contributed by atoms with van der Waals surface area (Å²) in [5, 5.41) is 8.75. The van der Waals surface area contributed by atoms with E-state index in [1.165, 1.54) is 24.9 Å². The number of nitrogens with one attached hydrogen (secondary N) is 3. The molecule has 3 heterocycles. The number of piperidine rings is 1. The first-order valence-electron chi connectivity index (χ1n) is 16.2. The maximum Gasteiger partial charge on any atom is 0.234 e. The first-order valence-corrected chi connectivity index (χ1v) is 18.5. The average molecular weight is 721 g/mol. The summed E-state index contributed by atoms with van der Waals surface area (Å²) in [6, 6.07) is 19.8. The minimum Gasteiger partial charge on any atom is -0.367 e. The molecule has 0 aliphatic carbocycles. The maximum atomic E-state index is 15.4. The van der Waals surface area contributed by atoms with Gasteiger partial charge in [-0.1, -0.05) is 48.0 Å². The summed E-state index contributed by atoms with van der Waals surface area (Å²) in [7, 11) is -2.05. The summed E-state index contributed by atoms with van der Waals surface area (Å²) in [5.41, 5.74) is 3.97. The van der Waals surface area contributed by atoms with E-state index in [4.69, 9.17) is 11.6 Å². The Morgan fingerprint density at radius 3 is 2.46 bits per heavy atom. The number of amides is 2. The van der Waals surface area contributed by atoms with Gasteiger partial charge in [-0.05, 0) is 54.3 Å².